The van der Waals surface area contributed by atoms with E-state index in [0.717, 1.165) is 11.8 Å². The molecule has 3 nitrogen and oxygen atoms in total. The molecule has 0 radical (unpaired) electrons. The van der Waals surface area contributed by atoms with Gasteiger partial charge in [0.2, 0.25) is 0 Å². The van der Waals surface area contributed by atoms with Crippen LogP contribution in [-0.4, -0.2) is 24.1 Å². The fourth-order valence-corrected chi connectivity index (χ4v) is 2.80. The highest BCUT2D eigenvalue weighted by molar-refractivity contribution is 9.12. The molecule has 17 heavy (non-hydrogen) atoms. The minimum absolute atomic E-state index is 0.193. The van der Waals surface area contributed by atoms with Gasteiger partial charge in [-0.2, -0.15) is 0 Å². The van der Waals surface area contributed by atoms with E-state index in [2.05, 4.69) is 15.9 Å². The van der Waals surface area contributed by atoms with Gasteiger partial charge in [0.15, 0.2) is 19.3 Å². The Morgan fingerprint density at radius 2 is 2.00 bits per heavy atom. The Bertz CT molecular complexity index is 536. The van der Waals surface area contributed by atoms with Crippen LogP contribution in [0.25, 0.3) is 0 Å². The Hall–Kier alpha value is -0.680. The predicted molar refractivity (Wildman–Crippen MR) is 72.3 cm³/mol. The lowest BCUT2D eigenvalue weighted by Gasteiger charge is -2.22. The fourth-order valence-electron chi connectivity index (χ4n) is 1.59. The fraction of sp³-hybridized carbons (Fsp3) is 0.417. The normalized spacial score (nSPS) is 15.3. The molecule has 0 aromatic heterocycles. The number of sulfone groups is 1. The average Bonchev–Trinajstić information content (AvgIpc) is 2.25. The van der Waals surface area contributed by atoms with Crippen LogP contribution in [0.3, 0.4) is 0 Å². The largest absolute Gasteiger partial charge is 0.291 e. The zero-order chi connectivity index (χ0) is 13.3. The molecule has 0 aliphatic heterocycles. The summed E-state index contributed by atoms with van der Waals surface area (Å²) in [4.78, 5) is 12.3. The molecule has 1 atom stereocenters. The van der Waals surface area contributed by atoms with Gasteiger partial charge in [-0.1, -0.05) is 46.6 Å². The third-order valence-corrected chi connectivity index (χ3v) is 7.00. The first kappa shape index (κ1) is 14.4. The van der Waals surface area contributed by atoms with Crippen LogP contribution < -0.4 is 0 Å². The van der Waals surface area contributed by atoms with Crippen molar-refractivity contribution in [2.45, 2.75) is 23.9 Å². The standard InChI is InChI=1S/C12H15BrO3S/c1-4-12(13,17(3,15)16)11(14)10-7-5-6-9(2)8-10/h5-8H,4H2,1-3H3/t12-/m0/s1. The second-order valence-electron chi connectivity index (χ2n) is 4.05. The molecule has 0 heterocycles. The van der Waals surface area contributed by atoms with Gasteiger partial charge in [-0.05, 0) is 19.4 Å². The molecule has 0 unspecified atom stereocenters. The second-order valence-corrected chi connectivity index (χ2v) is 8.17. The number of carbonyl (C=O) groups excluding carboxylic acids is 1. The van der Waals surface area contributed by atoms with E-state index in [1.807, 2.05) is 13.0 Å². The molecule has 1 rings (SSSR count). The molecule has 0 saturated heterocycles. The van der Waals surface area contributed by atoms with E-state index in [1.165, 1.54) is 0 Å². The van der Waals surface area contributed by atoms with Gasteiger partial charge in [0, 0.05) is 11.8 Å². The third kappa shape index (κ3) is 2.77. The highest BCUT2D eigenvalue weighted by atomic mass is 79.9. The maximum absolute atomic E-state index is 12.3. The van der Waals surface area contributed by atoms with Gasteiger partial charge >= 0.3 is 0 Å². The molecule has 0 aliphatic carbocycles. The molecule has 0 bridgehead atoms. The topological polar surface area (TPSA) is 51.2 Å². The van der Waals surface area contributed by atoms with Gasteiger partial charge < -0.3 is 0 Å². The average molecular weight is 319 g/mol. The van der Waals surface area contributed by atoms with E-state index in [0.29, 0.717) is 5.56 Å². The molecule has 0 aliphatic rings. The summed E-state index contributed by atoms with van der Waals surface area (Å²) in [5.74, 6) is -0.411. The van der Waals surface area contributed by atoms with Crippen molar-refractivity contribution in [3.05, 3.63) is 35.4 Å². The van der Waals surface area contributed by atoms with E-state index in [4.69, 9.17) is 0 Å². The predicted octanol–water partition coefficient (Wildman–Crippen LogP) is 2.72. The minimum Gasteiger partial charge on any atom is -0.291 e. The number of rotatable bonds is 4. The Morgan fingerprint density at radius 1 is 1.41 bits per heavy atom. The summed E-state index contributed by atoms with van der Waals surface area (Å²) >= 11 is 3.09. The SMILES string of the molecule is CC[C@@](Br)(C(=O)c1cccc(C)c1)S(C)(=O)=O. The van der Waals surface area contributed by atoms with E-state index in [-0.39, 0.29) is 6.42 Å². The van der Waals surface area contributed by atoms with Crippen molar-refractivity contribution in [2.24, 2.45) is 0 Å². The van der Waals surface area contributed by atoms with Crippen molar-refractivity contribution < 1.29 is 13.2 Å². The summed E-state index contributed by atoms with van der Waals surface area (Å²) in [5, 5.41) is 0. The van der Waals surface area contributed by atoms with Gasteiger partial charge in [-0.25, -0.2) is 8.42 Å². The molecule has 0 spiro atoms. The summed E-state index contributed by atoms with van der Waals surface area (Å²) in [6.07, 6.45) is 1.26. The summed E-state index contributed by atoms with van der Waals surface area (Å²) in [6.45, 7) is 3.53. The number of ketones is 1. The van der Waals surface area contributed by atoms with Gasteiger partial charge in [0.05, 0.1) is 0 Å². The van der Waals surface area contributed by atoms with Crippen molar-refractivity contribution in [2.75, 3.05) is 6.26 Å². The van der Waals surface area contributed by atoms with Crippen molar-refractivity contribution in [1.29, 1.82) is 0 Å². The summed E-state index contributed by atoms with van der Waals surface area (Å²) in [7, 11) is -3.51. The van der Waals surface area contributed by atoms with Crippen LogP contribution in [0.15, 0.2) is 24.3 Å². The van der Waals surface area contributed by atoms with Crippen molar-refractivity contribution in [1.82, 2.24) is 0 Å². The van der Waals surface area contributed by atoms with Crippen LogP contribution in [0.4, 0.5) is 0 Å². The number of benzene rings is 1. The van der Waals surface area contributed by atoms with E-state index >= 15 is 0 Å². The molecular formula is C12H15BrO3S. The Labute approximate surface area is 110 Å². The zero-order valence-electron chi connectivity index (χ0n) is 10.0. The lowest BCUT2D eigenvalue weighted by molar-refractivity contribution is 0.0976. The van der Waals surface area contributed by atoms with Crippen LogP contribution in [0, 0.1) is 6.92 Å². The highest BCUT2D eigenvalue weighted by Crippen LogP contribution is 2.32. The number of aryl methyl sites for hydroxylation is 1. The molecular weight excluding hydrogens is 304 g/mol. The Morgan fingerprint density at radius 3 is 2.41 bits per heavy atom. The van der Waals surface area contributed by atoms with E-state index in [1.54, 1.807) is 25.1 Å². The van der Waals surface area contributed by atoms with Crippen LogP contribution in [0.5, 0.6) is 0 Å². The third-order valence-electron chi connectivity index (χ3n) is 2.66. The number of hydrogen-bond donors (Lipinski definition) is 0. The smallest absolute Gasteiger partial charge is 0.194 e. The molecule has 0 amide bonds. The maximum atomic E-state index is 12.3. The maximum Gasteiger partial charge on any atom is 0.194 e. The van der Waals surface area contributed by atoms with E-state index < -0.39 is 19.3 Å². The lowest BCUT2D eigenvalue weighted by atomic mass is 10.0. The van der Waals surface area contributed by atoms with Gasteiger partial charge in [0.1, 0.15) is 0 Å². The highest BCUT2D eigenvalue weighted by Gasteiger charge is 2.44. The number of Topliss-reactive ketones (excluding diaryl/α,β-unsaturated/α-hetero) is 1. The van der Waals surface area contributed by atoms with E-state index in [9.17, 15) is 13.2 Å². The second kappa shape index (κ2) is 4.90. The minimum atomic E-state index is -3.51. The molecule has 1 aromatic rings. The summed E-state index contributed by atoms with van der Waals surface area (Å²) in [6, 6.07) is 6.93. The van der Waals surface area contributed by atoms with Crippen molar-refractivity contribution >= 4 is 31.6 Å². The Kier molecular flexibility index (Phi) is 4.15. The Balaban J connectivity index is 3.29. The van der Waals surface area contributed by atoms with Crippen LogP contribution in [-0.2, 0) is 9.84 Å². The van der Waals surface area contributed by atoms with Crippen LogP contribution >= 0.6 is 15.9 Å². The quantitative estimate of drug-likeness (QED) is 0.633. The molecule has 1 aromatic carbocycles. The monoisotopic (exact) mass is 318 g/mol. The molecule has 0 N–H and O–H groups in total. The number of carbonyl (C=O) groups is 1. The van der Waals surface area contributed by atoms with Gasteiger partial charge in [-0.15, -0.1) is 0 Å². The van der Waals surface area contributed by atoms with Crippen molar-refractivity contribution in [3.8, 4) is 0 Å². The lowest BCUT2D eigenvalue weighted by Crippen LogP contribution is -2.39. The zero-order valence-corrected chi connectivity index (χ0v) is 12.4. The molecule has 94 valence electrons. The number of alkyl halides is 1. The van der Waals surface area contributed by atoms with Gasteiger partial charge in [0.25, 0.3) is 0 Å². The molecule has 0 fully saturated rings. The first-order valence-corrected chi connectivity index (χ1v) is 7.91. The first-order valence-electron chi connectivity index (χ1n) is 5.22. The molecule has 0 saturated carbocycles. The number of halogens is 1. The van der Waals surface area contributed by atoms with Crippen LogP contribution in [0.2, 0.25) is 0 Å². The van der Waals surface area contributed by atoms with Gasteiger partial charge in [-0.3, -0.25) is 4.79 Å². The summed E-state index contributed by atoms with van der Waals surface area (Å²) < 4.78 is 21.9. The summed E-state index contributed by atoms with van der Waals surface area (Å²) in [5.41, 5.74) is 1.34. The number of hydrogen-bond acceptors (Lipinski definition) is 3. The first-order chi connectivity index (χ1) is 7.72. The van der Waals surface area contributed by atoms with Crippen LogP contribution in [0.1, 0.15) is 29.3 Å². The van der Waals surface area contributed by atoms with Crippen molar-refractivity contribution in [3.63, 3.8) is 0 Å². The molecule has 5 heteroatoms.